The summed E-state index contributed by atoms with van der Waals surface area (Å²) >= 11 is 1.63. The Morgan fingerprint density at radius 3 is 2.73 bits per heavy atom. The normalized spacial score (nSPS) is 21.1. The number of rotatable bonds is 5. The Bertz CT molecular complexity index is 695. The smallest absolute Gasteiger partial charge is 0.239 e. The van der Waals surface area contributed by atoms with Crippen molar-refractivity contribution in [3.05, 3.63) is 16.0 Å². The number of likely N-dealkylation sites (tertiary alicyclic amines) is 1. The molecule has 1 atom stereocenters. The minimum absolute atomic E-state index is 0.0208. The zero-order chi connectivity index (χ0) is 18.7. The number of nitriles is 1. The van der Waals surface area contributed by atoms with Gasteiger partial charge >= 0.3 is 0 Å². The van der Waals surface area contributed by atoms with Crippen LogP contribution in [0.15, 0.2) is 0 Å². The van der Waals surface area contributed by atoms with Crippen molar-refractivity contribution in [3.63, 3.8) is 0 Å². The second-order valence-electron chi connectivity index (χ2n) is 8.49. The summed E-state index contributed by atoms with van der Waals surface area (Å²) in [7, 11) is 0. The zero-order valence-corrected chi connectivity index (χ0v) is 17.2. The van der Waals surface area contributed by atoms with Crippen LogP contribution in [0.4, 0.5) is 5.00 Å². The number of piperidine rings is 1. The van der Waals surface area contributed by atoms with Gasteiger partial charge in [-0.2, -0.15) is 5.26 Å². The standard InChI is InChI=1S/C21H31N3OS/c1-4-21(2,3)15-8-9-16-17(13-22)20(26-18(16)12-15)23-19(25)14-24-10-6-5-7-11-24/h15H,4-12,14H2,1-3H3,(H,23,25)/t15-/m0/s1. The van der Waals surface area contributed by atoms with Crippen molar-refractivity contribution < 1.29 is 4.79 Å². The molecule has 0 saturated carbocycles. The number of carbonyl (C=O) groups is 1. The Labute approximate surface area is 161 Å². The first-order chi connectivity index (χ1) is 12.4. The summed E-state index contributed by atoms with van der Waals surface area (Å²) in [5, 5.41) is 13.5. The molecule has 1 aliphatic carbocycles. The number of nitrogens with one attached hydrogen (secondary N) is 1. The van der Waals surface area contributed by atoms with Gasteiger partial charge in [0.25, 0.3) is 0 Å². The highest BCUT2D eigenvalue weighted by atomic mass is 32.1. The molecule has 26 heavy (non-hydrogen) atoms. The summed E-state index contributed by atoms with van der Waals surface area (Å²) in [6.07, 6.45) is 7.94. The molecule has 2 aliphatic rings. The van der Waals surface area contributed by atoms with E-state index in [0.717, 1.165) is 37.4 Å². The van der Waals surface area contributed by atoms with Crippen molar-refractivity contribution in [2.45, 2.75) is 65.7 Å². The van der Waals surface area contributed by atoms with Crippen molar-refractivity contribution >= 4 is 22.2 Å². The molecule has 0 bridgehead atoms. The van der Waals surface area contributed by atoms with E-state index in [9.17, 15) is 10.1 Å². The Morgan fingerprint density at radius 2 is 2.08 bits per heavy atom. The SMILES string of the molecule is CCC(C)(C)[C@H]1CCc2c(sc(NC(=O)CN3CCCCC3)c2C#N)C1. The van der Waals surface area contributed by atoms with E-state index in [1.54, 1.807) is 11.3 Å². The maximum atomic E-state index is 12.5. The number of thiophene rings is 1. The first-order valence-electron chi connectivity index (χ1n) is 10.0. The van der Waals surface area contributed by atoms with Crippen molar-refractivity contribution in [3.8, 4) is 6.07 Å². The molecular formula is C21H31N3OS. The van der Waals surface area contributed by atoms with Gasteiger partial charge in [0.2, 0.25) is 5.91 Å². The summed E-state index contributed by atoms with van der Waals surface area (Å²) in [6.45, 7) is 9.42. The lowest BCUT2D eigenvalue weighted by molar-refractivity contribution is -0.117. The van der Waals surface area contributed by atoms with Gasteiger partial charge in [-0.05, 0) is 62.1 Å². The van der Waals surface area contributed by atoms with Crippen LogP contribution in [-0.4, -0.2) is 30.4 Å². The molecule has 5 heteroatoms. The van der Waals surface area contributed by atoms with Gasteiger partial charge in [0.15, 0.2) is 0 Å². The Balaban J connectivity index is 1.71. The highest BCUT2D eigenvalue weighted by Gasteiger charge is 2.34. The number of carbonyl (C=O) groups excluding carboxylic acids is 1. The second kappa shape index (κ2) is 8.10. The van der Waals surface area contributed by atoms with Crippen molar-refractivity contribution in [1.29, 1.82) is 5.26 Å². The van der Waals surface area contributed by atoms with Crippen LogP contribution in [0.25, 0.3) is 0 Å². The fourth-order valence-corrected chi connectivity index (χ4v) is 5.53. The fourth-order valence-electron chi connectivity index (χ4n) is 4.23. The third-order valence-electron chi connectivity index (χ3n) is 6.46. The molecule has 1 aromatic rings. The first kappa shape index (κ1) is 19.4. The van der Waals surface area contributed by atoms with Crippen LogP contribution in [0, 0.1) is 22.7 Å². The molecule has 1 aliphatic heterocycles. The number of hydrogen-bond acceptors (Lipinski definition) is 4. The van der Waals surface area contributed by atoms with Crippen molar-refractivity contribution in [1.82, 2.24) is 4.90 Å². The molecule has 1 saturated heterocycles. The number of anilines is 1. The first-order valence-corrected chi connectivity index (χ1v) is 10.8. The quantitative estimate of drug-likeness (QED) is 0.821. The number of hydrogen-bond donors (Lipinski definition) is 1. The lowest BCUT2D eigenvalue weighted by atomic mass is 9.69. The lowest BCUT2D eigenvalue weighted by Gasteiger charge is -2.36. The van der Waals surface area contributed by atoms with Crippen LogP contribution in [0.3, 0.4) is 0 Å². The predicted molar refractivity (Wildman–Crippen MR) is 108 cm³/mol. The average molecular weight is 374 g/mol. The monoisotopic (exact) mass is 373 g/mol. The summed E-state index contributed by atoms with van der Waals surface area (Å²) in [5.74, 6) is 0.675. The number of amides is 1. The molecule has 142 valence electrons. The molecule has 0 spiro atoms. The maximum absolute atomic E-state index is 12.5. The van der Waals surface area contributed by atoms with E-state index in [1.165, 1.54) is 36.1 Å². The van der Waals surface area contributed by atoms with Gasteiger partial charge in [0, 0.05) is 4.88 Å². The molecular weight excluding hydrogens is 342 g/mol. The zero-order valence-electron chi connectivity index (χ0n) is 16.4. The summed E-state index contributed by atoms with van der Waals surface area (Å²) < 4.78 is 0. The molecule has 3 rings (SSSR count). The Kier molecular flexibility index (Phi) is 6.04. The summed E-state index contributed by atoms with van der Waals surface area (Å²) in [6, 6.07) is 2.36. The van der Waals surface area contributed by atoms with Crippen molar-refractivity contribution in [2.75, 3.05) is 25.0 Å². The largest absolute Gasteiger partial charge is 0.315 e. The van der Waals surface area contributed by atoms with Crippen LogP contribution >= 0.6 is 11.3 Å². The van der Waals surface area contributed by atoms with E-state index in [0.29, 0.717) is 23.4 Å². The average Bonchev–Trinajstić information content (AvgIpc) is 2.98. The van der Waals surface area contributed by atoms with E-state index in [1.807, 2.05) is 0 Å². The maximum Gasteiger partial charge on any atom is 0.239 e. The Hall–Kier alpha value is -1.38. The second-order valence-corrected chi connectivity index (χ2v) is 9.59. The van der Waals surface area contributed by atoms with E-state index >= 15 is 0 Å². The molecule has 1 fully saturated rings. The van der Waals surface area contributed by atoms with E-state index in [-0.39, 0.29) is 5.91 Å². The van der Waals surface area contributed by atoms with Gasteiger partial charge in [0.1, 0.15) is 11.1 Å². The van der Waals surface area contributed by atoms with Crippen LogP contribution in [0.2, 0.25) is 0 Å². The minimum Gasteiger partial charge on any atom is -0.315 e. The molecule has 1 aromatic heterocycles. The highest BCUT2D eigenvalue weighted by molar-refractivity contribution is 7.16. The number of fused-ring (bicyclic) bond motifs is 1. The van der Waals surface area contributed by atoms with Crippen LogP contribution < -0.4 is 5.32 Å². The molecule has 0 radical (unpaired) electrons. The van der Waals surface area contributed by atoms with Gasteiger partial charge in [-0.3, -0.25) is 9.69 Å². The third kappa shape index (κ3) is 4.13. The Morgan fingerprint density at radius 1 is 1.35 bits per heavy atom. The van der Waals surface area contributed by atoms with Crippen LogP contribution in [0.5, 0.6) is 0 Å². The number of nitrogens with zero attached hydrogens (tertiary/aromatic N) is 2. The van der Waals surface area contributed by atoms with Gasteiger partial charge in [0.05, 0.1) is 12.1 Å². The highest BCUT2D eigenvalue weighted by Crippen LogP contribution is 2.45. The lowest BCUT2D eigenvalue weighted by Crippen LogP contribution is -2.36. The van der Waals surface area contributed by atoms with Gasteiger partial charge < -0.3 is 5.32 Å². The topological polar surface area (TPSA) is 56.1 Å². The summed E-state index contributed by atoms with van der Waals surface area (Å²) in [4.78, 5) is 16.0. The molecule has 0 unspecified atom stereocenters. The van der Waals surface area contributed by atoms with Crippen LogP contribution in [-0.2, 0) is 17.6 Å². The molecule has 1 amide bonds. The van der Waals surface area contributed by atoms with E-state index in [4.69, 9.17) is 0 Å². The molecule has 0 aromatic carbocycles. The molecule has 4 nitrogen and oxygen atoms in total. The van der Waals surface area contributed by atoms with Crippen molar-refractivity contribution in [2.24, 2.45) is 11.3 Å². The van der Waals surface area contributed by atoms with Gasteiger partial charge in [-0.25, -0.2) is 0 Å². The molecule has 2 heterocycles. The molecule has 1 N–H and O–H groups in total. The van der Waals surface area contributed by atoms with E-state index in [2.05, 4.69) is 37.1 Å². The van der Waals surface area contributed by atoms with Crippen LogP contribution in [0.1, 0.15) is 68.9 Å². The van der Waals surface area contributed by atoms with Gasteiger partial charge in [-0.15, -0.1) is 11.3 Å². The van der Waals surface area contributed by atoms with Gasteiger partial charge in [-0.1, -0.05) is 33.6 Å². The minimum atomic E-state index is 0.0208. The third-order valence-corrected chi connectivity index (χ3v) is 7.63. The fraction of sp³-hybridized carbons (Fsp3) is 0.714. The van der Waals surface area contributed by atoms with E-state index < -0.39 is 0 Å². The predicted octanol–water partition coefficient (Wildman–Crippen LogP) is 4.59. The summed E-state index contributed by atoms with van der Waals surface area (Å²) in [5.41, 5.74) is 2.23.